The number of hydrogen-bond donors (Lipinski definition) is 2. The number of rotatable bonds is 6. The molecule has 2 N–H and O–H groups in total. The summed E-state index contributed by atoms with van der Waals surface area (Å²) in [6, 6.07) is 9.83. The summed E-state index contributed by atoms with van der Waals surface area (Å²) in [5.74, 6) is 1.52. The Hall–Kier alpha value is -2.64. The zero-order chi connectivity index (χ0) is 19.7. The molecular weight excluding hydrogens is 392 g/mol. The van der Waals surface area contributed by atoms with E-state index < -0.39 is 0 Å². The lowest BCUT2D eigenvalue weighted by atomic mass is 10.2. The van der Waals surface area contributed by atoms with Crippen molar-refractivity contribution >= 4 is 45.7 Å². The molecule has 0 saturated carbocycles. The number of benzene rings is 1. The van der Waals surface area contributed by atoms with Crippen LogP contribution in [0.1, 0.15) is 10.7 Å². The number of aryl methyl sites for hydroxylation is 1. The molecule has 3 heterocycles. The second kappa shape index (κ2) is 7.77. The van der Waals surface area contributed by atoms with Gasteiger partial charge in [-0.25, -0.2) is 4.98 Å². The number of nitrogens with one attached hydrogen (secondary N) is 2. The minimum Gasteiger partial charge on any atom is -0.369 e. The van der Waals surface area contributed by atoms with Crippen LogP contribution < -0.4 is 10.2 Å². The smallest absolute Gasteiger partial charge is 0.228 e. The number of aromatic nitrogens is 4. The van der Waals surface area contributed by atoms with Crippen LogP contribution in [-0.2, 0) is 6.42 Å². The summed E-state index contributed by atoms with van der Waals surface area (Å²) in [6.07, 6.45) is 0.824. The van der Waals surface area contributed by atoms with Crippen molar-refractivity contribution in [1.29, 1.82) is 0 Å². The zero-order valence-electron chi connectivity index (χ0n) is 16.0. The first-order valence-electron chi connectivity index (χ1n) is 8.98. The van der Waals surface area contributed by atoms with E-state index in [4.69, 9.17) is 16.6 Å². The summed E-state index contributed by atoms with van der Waals surface area (Å²) < 4.78 is 0. The number of nitrogens with zero attached hydrogens (tertiary/aromatic N) is 4. The first-order valence-corrected chi connectivity index (χ1v) is 10.2. The molecule has 0 radical (unpaired) electrons. The van der Waals surface area contributed by atoms with Crippen molar-refractivity contribution in [3.63, 3.8) is 0 Å². The first-order chi connectivity index (χ1) is 13.5. The van der Waals surface area contributed by atoms with Gasteiger partial charge in [0.2, 0.25) is 5.95 Å². The van der Waals surface area contributed by atoms with Crippen molar-refractivity contribution in [3.8, 4) is 11.3 Å². The average molecular weight is 413 g/mol. The van der Waals surface area contributed by atoms with E-state index in [-0.39, 0.29) is 0 Å². The molecule has 0 atom stereocenters. The Kier molecular flexibility index (Phi) is 5.19. The van der Waals surface area contributed by atoms with Gasteiger partial charge in [0.25, 0.3) is 0 Å². The highest BCUT2D eigenvalue weighted by atomic mass is 35.5. The van der Waals surface area contributed by atoms with Crippen molar-refractivity contribution in [2.45, 2.75) is 13.3 Å². The molecule has 0 spiro atoms. The number of H-pyrrole nitrogens is 1. The van der Waals surface area contributed by atoms with Crippen LogP contribution in [0.15, 0.2) is 35.7 Å². The van der Waals surface area contributed by atoms with Crippen molar-refractivity contribution in [3.05, 3.63) is 51.4 Å². The summed E-state index contributed by atoms with van der Waals surface area (Å²) in [6.45, 7) is 2.77. The number of hydrogen-bond acceptors (Lipinski definition) is 6. The summed E-state index contributed by atoms with van der Waals surface area (Å²) in [5, 5.41) is 8.36. The topological polar surface area (TPSA) is 69.7 Å². The molecule has 28 heavy (non-hydrogen) atoms. The van der Waals surface area contributed by atoms with Gasteiger partial charge in [-0.2, -0.15) is 9.97 Å². The second-order valence-corrected chi connectivity index (χ2v) is 8.17. The van der Waals surface area contributed by atoms with E-state index in [1.165, 1.54) is 0 Å². The van der Waals surface area contributed by atoms with Crippen LogP contribution >= 0.6 is 22.9 Å². The van der Waals surface area contributed by atoms with E-state index in [0.29, 0.717) is 5.95 Å². The number of fused-ring (bicyclic) bond motifs is 1. The molecule has 1 aromatic carbocycles. The van der Waals surface area contributed by atoms with E-state index >= 15 is 0 Å². The lowest BCUT2D eigenvalue weighted by Crippen LogP contribution is -2.15. The molecule has 3 aromatic heterocycles. The van der Waals surface area contributed by atoms with Crippen LogP contribution in [0.4, 0.5) is 11.8 Å². The minimum absolute atomic E-state index is 0.677. The first kappa shape index (κ1) is 18.7. The van der Waals surface area contributed by atoms with Crippen LogP contribution in [-0.4, -0.2) is 40.6 Å². The van der Waals surface area contributed by atoms with Crippen molar-refractivity contribution < 1.29 is 0 Å². The quantitative estimate of drug-likeness (QED) is 0.477. The number of thiazole rings is 1. The standard InChI is InChI=1S/C20H21ClN6S/c1-12-10-15-18(25-20(27(2)3)26-19(15)23-12)22-9-8-17-24-16(11-28-17)13-4-6-14(21)7-5-13/h4-7,10-11H,8-9H2,1-3H3,(H2,22,23,25,26). The maximum Gasteiger partial charge on any atom is 0.228 e. The normalized spacial score (nSPS) is 11.1. The third-order valence-corrected chi connectivity index (χ3v) is 5.49. The Morgan fingerprint density at radius 1 is 1.14 bits per heavy atom. The lowest BCUT2D eigenvalue weighted by molar-refractivity contribution is 0.972. The molecule has 0 amide bonds. The van der Waals surface area contributed by atoms with E-state index in [9.17, 15) is 0 Å². The van der Waals surface area contributed by atoms with Gasteiger partial charge >= 0.3 is 0 Å². The van der Waals surface area contributed by atoms with Gasteiger partial charge < -0.3 is 15.2 Å². The molecular formula is C20H21ClN6S. The van der Waals surface area contributed by atoms with Gasteiger partial charge in [0, 0.05) is 48.7 Å². The highest BCUT2D eigenvalue weighted by Crippen LogP contribution is 2.25. The molecule has 144 valence electrons. The highest BCUT2D eigenvalue weighted by Gasteiger charge is 2.12. The third kappa shape index (κ3) is 3.95. The fourth-order valence-corrected chi connectivity index (χ4v) is 3.86. The van der Waals surface area contributed by atoms with Crippen LogP contribution in [0.3, 0.4) is 0 Å². The second-order valence-electron chi connectivity index (χ2n) is 6.79. The van der Waals surface area contributed by atoms with Gasteiger partial charge in [-0.3, -0.25) is 0 Å². The molecule has 0 aliphatic carbocycles. The van der Waals surface area contributed by atoms with Gasteiger partial charge in [0.15, 0.2) is 0 Å². The molecule has 4 aromatic rings. The Balaban J connectivity index is 1.47. The molecule has 0 aliphatic rings. The fourth-order valence-electron chi connectivity index (χ4n) is 2.93. The molecule has 0 aliphatic heterocycles. The molecule has 4 rings (SSSR count). The molecule has 0 unspecified atom stereocenters. The van der Waals surface area contributed by atoms with Crippen LogP contribution in [0.2, 0.25) is 5.02 Å². The predicted molar refractivity (Wildman–Crippen MR) is 118 cm³/mol. The summed E-state index contributed by atoms with van der Waals surface area (Å²) in [4.78, 5) is 19.2. The van der Waals surface area contributed by atoms with Gasteiger partial charge in [0.1, 0.15) is 11.5 Å². The van der Waals surface area contributed by atoms with Gasteiger partial charge in [0.05, 0.1) is 16.1 Å². The monoisotopic (exact) mass is 412 g/mol. The van der Waals surface area contributed by atoms with Gasteiger partial charge in [-0.05, 0) is 25.1 Å². The molecule has 0 fully saturated rings. The molecule has 0 bridgehead atoms. The molecule has 8 heteroatoms. The van der Waals surface area contributed by atoms with Crippen molar-refractivity contribution in [2.75, 3.05) is 30.9 Å². The van der Waals surface area contributed by atoms with Crippen molar-refractivity contribution in [1.82, 2.24) is 19.9 Å². The van der Waals surface area contributed by atoms with Crippen molar-refractivity contribution in [2.24, 2.45) is 0 Å². The predicted octanol–water partition coefficient (Wildman–Crippen LogP) is 4.76. The maximum absolute atomic E-state index is 5.96. The van der Waals surface area contributed by atoms with Crippen LogP contribution in [0.25, 0.3) is 22.3 Å². The largest absolute Gasteiger partial charge is 0.369 e. The van der Waals surface area contributed by atoms with Crippen LogP contribution in [0, 0.1) is 6.92 Å². The highest BCUT2D eigenvalue weighted by molar-refractivity contribution is 7.09. The van der Waals surface area contributed by atoms with Crippen LogP contribution in [0.5, 0.6) is 0 Å². The Morgan fingerprint density at radius 3 is 2.68 bits per heavy atom. The Morgan fingerprint density at radius 2 is 1.93 bits per heavy atom. The number of aromatic amines is 1. The Labute approximate surface area is 172 Å². The molecule has 0 saturated heterocycles. The summed E-state index contributed by atoms with van der Waals surface area (Å²) >= 11 is 7.63. The fraction of sp³-hybridized carbons (Fsp3) is 0.250. The van der Waals surface area contributed by atoms with Gasteiger partial charge in [-0.15, -0.1) is 11.3 Å². The lowest BCUT2D eigenvalue weighted by Gasteiger charge is -2.13. The maximum atomic E-state index is 5.96. The average Bonchev–Trinajstić information content (AvgIpc) is 3.28. The molecule has 6 nitrogen and oxygen atoms in total. The summed E-state index contributed by atoms with van der Waals surface area (Å²) in [7, 11) is 3.88. The van der Waals surface area contributed by atoms with E-state index in [0.717, 1.165) is 56.8 Å². The zero-order valence-corrected chi connectivity index (χ0v) is 17.5. The van der Waals surface area contributed by atoms with E-state index in [2.05, 4.69) is 31.7 Å². The Bertz CT molecular complexity index is 1100. The SMILES string of the molecule is Cc1cc2c(NCCc3nc(-c4ccc(Cl)cc4)cs3)nc(N(C)C)nc2[nH]1. The van der Waals surface area contributed by atoms with E-state index in [1.807, 2.05) is 50.2 Å². The number of halogens is 1. The number of anilines is 2. The summed E-state index contributed by atoms with van der Waals surface area (Å²) in [5.41, 5.74) is 3.97. The van der Waals surface area contributed by atoms with Gasteiger partial charge in [-0.1, -0.05) is 23.7 Å². The minimum atomic E-state index is 0.677. The third-order valence-electron chi connectivity index (χ3n) is 4.33. The van der Waals surface area contributed by atoms with E-state index in [1.54, 1.807) is 11.3 Å².